The first-order valence-electron chi connectivity index (χ1n) is 7.28. The van der Waals surface area contributed by atoms with E-state index in [0.29, 0.717) is 24.0 Å². The highest BCUT2D eigenvalue weighted by Crippen LogP contribution is 2.40. The number of allylic oxidation sites excluding steroid dienone is 1. The van der Waals surface area contributed by atoms with Crippen molar-refractivity contribution < 1.29 is 21.6 Å². The van der Waals surface area contributed by atoms with E-state index in [2.05, 4.69) is 0 Å². The highest BCUT2D eigenvalue weighted by atomic mass is 32.2. The molecule has 1 aromatic rings. The van der Waals surface area contributed by atoms with Crippen molar-refractivity contribution in [3.05, 3.63) is 41.0 Å². The standard InChI is InChI=1S/C16H14F3NO2S/c17-16(18,19)12-4-5-15(11(6-12)9-20)10-7-13-2-1-3-14(8-10)23(13,21)22/h4-7,13-14H,1-3,8H2. The van der Waals surface area contributed by atoms with E-state index in [4.69, 9.17) is 0 Å². The molecule has 1 fully saturated rings. The van der Waals surface area contributed by atoms with Crippen molar-refractivity contribution >= 4 is 15.4 Å². The Morgan fingerprint density at radius 1 is 1.22 bits per heavy atom. The summed E-state index contributed by atoms with van der Waals surface area (Å²) < 4.78 is 62.8. The molecule has 1 aromatic carbocycles. The van der Waals surface area contributed by atoms with E-state index >= 15 is 0 Å². The monoisotopic (exact) mass is 341 g/mol. The first kappa shape index (κ1) is 16.1. The lowest BCUT2D eigenvalue weighted by atomic mass is 9.90. The second-order valence-corrected chi connectivity index (χ2v) is 8.40. The van der Waals surface area contributed by atoms with Gasteiger partial charge in [0.2, 0.25) is 0 Å². The molecule has 2 aliphatic heterocycles. The summed E-state index contributed by atoms with van der Waals surface area (Å²) in [5, 5.41) is 8.11. The molecule has 2 heterocycles. The predicted molar refractivity (Wildman–Crippen MR) is 79.1 cm³/mol. The Bertz CT molecular complexity index is 819. The summed E-state index contributed by atoms with van der Waals surface area (Å²) in [5.74, 6) is 0. The van der Waals surface area contributed by atoms with Crippen LogP contribution in [0.5, 0.6) is 0 Å². The third kappa shape index (κ3) is 2.76. The maximum atomic E-state index is 12.8. The first-order valence-corrected chi connectivity index (χ1v) is 8.89. The molecule has 0 N–H and O–H groups in total. The molecule has 3 nitrogen and oxygen atoms in total. The summed E-state index contributed by atoms with van der Waals surface area (Å²) in [6.45, 7) is 0. The van der Waals surface area contributed by atoms with Gasteiger partial charge in [0.05, 0.1) is 27.7 Å². The smallest absolute Gasteiger partial charge is 0.228 e. The van der Waals surface area contributed by atoms with Crippen LogP contribution in [0.4, 0.5) is 13.2 Å². The largest absolute Gasteiger partial charge is 0.416 e. The highest BCUT2D eigenvalue weighted by molar-refractivity contribution is 7.93. The quantitative estimate of drug-likeness (QED) is 0.782. The molecule has 0 amide bonds. The van der Waals surface area contributed by atoms with E-state index in [1.165, 1.54) is 6.07 Å². The van der Waals surface area contributed by atoms with E-state index in [1.54, 1.807) is 12.1 Å². The Morgan fingerprint density at radius 2 is 1.96 bits per heavy atom. The van der Waals surface area contributed by atoms with Crippen LogP contribution in [0.2, 0.25) is 0 Å². The SMILES string of the molecule is N#Cc1cc(C(F)(F)F)ccc1C1=CC2CCCC(C1)S2(=O)=O. The lowest BCUT2D eigenvalue weighted by Gasteiger charge is -2.33. The average Bonchev–Trinajstić information content (AvgIpc) is 2.44. The fourth-order valence-corrected chi connectivity index (χ4v) is 5.60. The van der Waals surface area contributed by atoms with Gasteiger partial charge in [-0.15, -0.1) is 0 Å². The zero-order valence-electron chi connectivity index (χ0n) is 12.1. The van der Waals surface area contributed by atoms with Gasteiger partial charge in [-0.1, -0.05) is 18.6 Å². The molecule has 2 aliphatic rings. The molecule has 0 saturated carbocycles. The molecule has 0 aliphatic carbocycles. The molecule has 0 spiro atoms. The van der Waals surface area contributed by atoms with Gasteiger partial charge in [-0.05, 0) is 42.5 Å². The number of rotatable bonds is 1. The van der Waals surface area contributed by atoms with Crippen molar-refractivity contribution in [2.24, 2.45) is 0 Å². The summed E-state index contributed by atoms with van der Waals surface area (Å²) in [6.07, 6.45) is -0.696. The van der Waals surface area contributed by atoms with Gasteiger partial charge in [0.15, 0.2) is 9.84 Å². The van der Waals surface area contributed by atoms with Crippen LogP contribution in [0, 0.1) is 11.3 Å². The van der Waals surface area contributed by atoms with Crippen molar-refractivity contribution in [3.8, 4) is 6.07 Å². The molecule has 7 heteroatoms. The van der Waals surface area contributed by atoms with E-state index in [-0.39, 0.29) is 12.0 Å². The topological polar surface area (TPSA) is 57.9 Å². The Balaban J connectivity index is 2.07. The fraction of sp³-hybridized carbons (Fsp3) is 0.438. The normalized spacial score (nSPS) is 26.3. The Labute approximate surface area is 132 Å². The molecular weight excluding hydrogens is 327 g/mol. The van der Waals surface area contributed by atoms with Gasteiger partial charge in [-0.25, -0.2) is 8.42 Å². The lowest BCUT2D eigenvalue weighted by molar-refractivity contribution is -0.137. The predicted octanol–water partition coefficient (Wildman–Crippen LogP) is 3.70. The Kier molecular flexibility index (Phi) is 3.75. The zero-order chi connectivity index (χ0) is 16.8. The summed E-state index contributed by atoms with van der Waals surface area (Å²) in [7, 11) is -3.20. The molecule has 2 atom stereocenters. The fourth-order valence-electron chi connectivity index (χ4n) is 3.35. The highest BCUT2D eigenvalue weighted by Gasteiger charge is 2.41. The zero-order valence-corrected chi connectivity index (χ0v) is 12.9. The second-order valence-electron chi connectivity index (χ2n) is 5.95. The van der Waals surface area contributed by atoms with Gasteiger partial charge in [0.1, 0.15) is 0 Å². The number of hydrogen-bond acceptors (Lipinski definition) is 3. The second kappa shape index (κ2) is 5.38. The van der Waals surface area contributed by atoms with Crippen LogP contribution in [0.15, 0.2) is 24.3 Å². The number of alkyl halides is 3. The van der Waals surface area contributed by atoms with Crippen molar-refractivity contribution in [3.63, 3.8) is 0 Å². The maximum Gasteiger partial charge on any atom is 0.416 e. The van der Waals surface area contributed by atoms with Gasteiger partial charge in [-0.2, -0.15) is 18.4 Å². The van der Waals surface area contributed by atoms with Gasteiger partial charge in [-0.3, -0.25) is 0 Å². The van der Waals surface area contributed by atoms with E-state index in [1.807, 2.05) is 0 Å². The number of sulfone groups is 1. The number of halogens is 3. The van der Waals surface area contributed by atoms with Gasteiger partial charge < -0.3 is 0 Å². The summed E-state index contributed by atoms with van der Waals surface area (Å²) in [6, 6.07) is 4.85. The van der Waals surface area contributed by atoms with E-state index < -0.39 is 32.1 Å². The number of benzene rings is 1. The van der Waals surface area contributed by atoms with Crippen molar-refractivity contribution in [1.29, 1.82) is 5.26 Å². The van der Waals surface area contributed by atoms with Gasteiger partial charge in [0.25, 0.3) is 0 Å². The molecule has 0 aromatic heterocycles. The van der Waals surface area contributed by atoms with E-state index in [0.717, 1.165) is 18.6 Å². The van der Waals surface area contributed by atoms with Crippen molar-refractivity contribution in [1.82, 2.24) is 0 Å². The molecule has 0 radical (unpaired) electrons. The summed E-state index contributed by atoms with van der Waals surface area (Å²) >= 11 is 0. The minimum atomic E-state index is -4.51. The number of nitrogens with zero attached hydrogens (tertiary/aromatic N) is 1. The molecule has 1 saturated heterocycles. The van der Waals surface area contributed by atoms with Crippen LogP contribution in [-0.2, 0) is 16.0 Å². The van der Waals surface area contributed by atoms with Gasteiger partial charge in [0, 0.05) is 0 Å². The minimum Gasteiger partial charge on any atom is -0.228 e. The minimum absolute atomic E-state index is 0.0663. The summed E-state index contributed by atoms with van der Waals surface area (Å²) in [5.41, 5.74) is 0.137. The number of fused-ring (bicyclic) bond motifs is 2. The van der Waals surface area contributed by atoms with Crippen molar-refractivity contribution in [2.45, 2.75) is 42.4 Å². The lowest BCUT2D eigenvalue weighted by Crippen LogP contribution is -2.38. The van der Waals surface area contributed by atoms with Crippen LogP contribution >= 0.6 is 0 Å². The average molecular weight is 341 g/mol. The van der Waals surface area contributed by atoms with Crippen LogP contribution in [0.1, 0.15) is 42.4 Å². The molecule has 3 rings (SSSR count). The van der Waals surface area contributed by atoms with E-state index in [9.17, 15) is 26.9 Å². The molecule has 2 bridgehead atoms. The number of hydrogen-bond donors (Lipinski definition) is 0. The third-order valence-corrected chi connectivity index (χ3v) is 7.10. The first-order chi connectivity index (χ1) is 10.7. The van der Waals surface area contributed by atoms with Crippen LogP contribution in [0.3, 0.4) is 0 Å². The maximum absolute atomic E-state index is 12.8. The molecule has 2 unspecified atom stereocenters. The molecule has 122 valence electrons. The Morgan fingerprint density at radius 3 is 2.57 bits per heavy atom. The van der Waals surface area contributed by atoms with Crippen LogP contribution in [-0.4, -0.2) is 18.9 Å². The van der Waals surface area contributed by atoms with Crippen molar-refractivity contribution in [2.75, 3.05) is 0 Å². The molecule has 23 heavy (non-hydrogen) atoms. The molecular formula is C16H14F3NO2S. The Hall–Kier alpha value is -1.81. The van der Waals surface area contributed by atoms with Crippen LogP contribution in [0.25, 0.3) is 5.57 Å². The summed E-state index contributed by atoms with van der Waals surface area (Å²) in [4.78, 5) is 0. The third-order valence-electron chi connectivity index (χ3n) is 4.55. The van der Waals surface area contributed by atoms with Gasteiger partial charge >= 0.3 is 6.18 Å². The number of nitriles is 1. The van der Waals surface area contributed by atoms with Crippen LogP contribution < -0.4 is 0 Å².